The molecule has 1 fully saturated rings. The first kappa shape index (κ1) is 11.6. The van der Waals surface area contributed by atoms with E-state index in [0.29, 0.717) is 12.1 Å². The number of anilines is 2. The molecular formula is C18H18N2. The van der Waals surface area contributed by atoms with Crippen LogP contribution >= 0.6 is 0 Å². The molecule has 100 valence electrons. The van der Waals surface area contributed by atoms with Gasteiger partial charge >= 0.3 is 0 Å². The highest BCUT2D eigenvalue weighted by Crippen LogP contribution is 2.32. The van der Waals surface area contributed by atoms with Crippen molar-refractivity contribution in [2.75, 3.05) is 22.9 Å². The van der Waals surface area contributed by atoms with Gasteiger partial charge in [-0.3, -0.25) is 0 Å². The first-order valence-electron chi connectivity index (χ1n) is 7.23. The van der Waals surface area contributed by atoms with Crippen molar-refractivity contribution >= 4 is 11.4 Å². The molecule has 2 aliphatic rings. The van der Waals surface area contributed by atoms with E-state index < -0.39 is 0 Å². The summed E-state index contributed by atoms with van der Waals surface area (Å²) in [5, 5.41) is 0. The zero-order valence-corrected chi connectivity index (χ0v) is 11.4. The smallest absolute Gasteiger partial charge is 0.0656 e. The maximum Gasteiger partial charge on any atom is 0.0656 e. The summed E-state index contributed by atoms with van der Waals surface area (Å²) < 4.78 is 0. The summed E-state index contributed by atoms with van der Waals surface area (Å²) in [7, 11) is 0. The van der Waals surface area contributed by atoms with Crippen LogP contribution in [-0.2, 0) is 0 Å². The Morgan fingerprint density at radius 2 is 1.15 bits per heavy atom. The Hall–Kier alpha value is -2.22. The van der Waals surface area contributed by atoms with E-state index in [-0.39, 0.29) is 0 Å². The van der Waals surface area contributed by atoms with Crippen LogP contribution in [0.5, 0.6) is 0 Å². The van der Waals surface area contributed by atoms with Crippen molar-refractivity contribution in [1.82, 2.24) is 0 Å². The third-order valence-corrected chi connectivity index (χ3v) is 4.26. The Kier molecular flexibility index (Phi) is 2.73. The molecule has 0 unspecified atom stereocenters. The minimum absolute atomic E-state index is 0.483. The van der Waals surface area contributed by atoms with E-state index in [9.17, 15) is 0 Å². The Balaban J connectivity index is 1.60. The third-order valence-electron chi connectivity index (χ3n) is 4.26. The quantitative estimate of drug-likeness (QED) is 0.766. The van der Waals surface area contributed by atoms with Gasteiger partial charge in [0.05, 0.1) is 12.1 Å². The highest BCUT2D eigenvalue weighted by atomic mass is 15.3. The lowest BCUT2D eigenvalue weighted by Gasteiger charge is -2.43. The van der Waals surface area contributed by atoms with Gasteiger partial charge in [-0.1, -0.05) is 48.6 Å². The van der Waals surface area contributed by atoms with Crippen LogP contribution < -0.4 is 9.80 Å². The maximum absolute atomic E-state index is 2.54. The molecule has 2 bridgehead atoms. The first-order chi connectivity index (χ1) is 9.92. The SMILES string of the molecule is C1=C[C@H]2CN(c3ccccc3)C[C@@H]1N2c1ccccc1. The van der Waals surface area contributed by atoms with Gasteiger partial charge in [0.1, 0.15) is 0 Å². The summed E-state index contributed by atoms with van der Waals surface area (Å²) in [6.07, 6.45) is 4.72. The van der Waals surface area contributed by atoms with Crippen LogP contribution in [0.2, 0.25) is 0 Å². The number of rotatable bonds is 2. The molecule has 0 aromatic heterocycles. The zero-order chi connectivity index (χ0) is 13.4. The van der Waals surface area contributed by atoms with Crippen molar-refractivity contribution in [2.24, 2.45) is 0 Å². The number of hydrogen-bond acceptors (Lipinski definition) is 2. The number of hydrogen-bond donors (Lipinski definition) is 0. The van der Waals surface area contributed by atoms with E-state index in [2.05, 4.69) is 82.6 Å². The standard InChI is InChI=1S/C18H18N2/c1-3-7-15(8-4-1)19-13-17-11-12-18(14-19)20(17)16-9-5-2-6-10-16/h1-12,17-18H,13-14H2/t17-,18+. The van der Waals surface area contributed by atoms with Gasteiger partial charge in [0.2, 0.25) is 0 Å². The summed E-state index contributed by atoms with van der Waals surface area (Å²) >= 11 is 0. The van der Waals surface area contributed by atoms with E-state index in [4.69, 9.17) is 0 Å². The number of fused-ring (bicyclic) bond motifs is 2. The van der Waals surface area contributed by atoms with Crippen molar-refractivity contribution in [3.05, 3.63) is 72.8 Å². The molecule has 2 aliphatic heterocycles. The summed E-state index contributed by atoms with van der Waals surface area (Å²) in [6, 6.07) is 22.5. The molecule has 2 atom stereocenters. The lowest BCUT2D eigenvalue weighted by molar-refractivity contribution is 0.558. The van der Waals surface area contributed by atoms with Gasteiger partial charge in [0.15, 0.2) is 0 Å². The van der Waals surface area contributed by atoms with Gasteiger partial charge in [-0.15, -0.1) is 0 Å². The van der Waals surface area contributed by atoms with E-state index in [1.807, 2.05) is 0 Å². The van der Waals surface area contributed by atoms with Crippen LogP contribution in [0.3, 0.4) is 0 Å². The molecule has 2 nitrogen and oxygen atoms in total. The highest BCUT2D eigenvalue weighted by molar-refractivity contribution is 5.58. The Morgan fingerprint density at radius 1 is 0.650 bits per heavy atom. The molecule has 0 spiro atoms. The molecule has 0 radical (unpaired) electrons. The zero-order valence-electron chi connectivity index (χ0n) is 11.4. The summed E-state index contributed by atoms with van der Waals surface area (Å²) in [5.41, 5.74) is 2.67. The van der Waals surface area contributed by atoms with Crippen molar-refractivity contribution < 1.29 is 0 Å². The number of piperazine rings is 1. The highest BCUT2D eigenvalue weighted by Gasteiger charge is 2.36. The molecule has 1 saturated heterocycles. The second-order valence-electron chi connectivity index (χ2n) is 5.50. The van der Waals surface area contributed by atoms with E-state index in [0.717, 1.165) is 13.1 Å². The van der Waals surface area contributed by atoms with Crippen molar-refractivity contribution in [1.29, 1.82) is 0 Å². The van der Waals surface area contributed by atoms with Gasteiger partial charge in [-0.05, 0) is 24.3 Å². The van der Waals surface area contributed by atoms with Gasteiger partial charge in [-0.25, -0.2) is 0 Å². The summed E-state index contributed by atoms with van der Waals surface area (Å²) in [4.78, 5) is 5.04. The monoisotopic (exact) mass is 262 g/mol. The van der Waals surface area contributed by atoms with Crippen molar-refractivity contribution in [2.45, 2.75) is 12.1 Å². The first-order valence-corrected chi connectivity index (χ1v) is 7.23. The summed E-state index contributed by atoms with van der Waals surface area (Å²) in [6.45, 7) is 2.12. The molecule has 0 amide bonds. The molecule has 0 saturated carbocycles. The number of para-hydroxylation sites is 2. The van der Waals surface area contributed by atoms with Crippen LogP contribution in [0.15, 0.2) is 72.8 Å². The lowest BCUT2D eigenvalue weighted by Crippen LogP contribution is -2.54. The van der Waals surface area contributed by atoms with Crippen LogP contribution in [0.25, 0.3) is 0 Å². The van der Waals surface area contributed by atoms with E-state index >= 15 is 0 Å². The number of nitrogens with zero attached hydrogens (tertiary/aromatic N) is 2. The Morgan fingerprint density at radius 3 is 1.70 bits per heavy atom. The van der Waals surface area contributed by atoms with Crippen LogP contribution in [0, 0.1) is 0 Å². The maximum atomic E-state index is 2.54. The molecule has 0 aliphatic carbocycles. The molecule has 2 aromatic rings. The molecular weight excluding hydrogens is 244 g/mol. The van der Waals surface area contributed by atoms with Crippen LogP contribution in [-0.4, -0.2) is 25.2 Å². The Bertz CT molecular complexity index is 590. The number of benzene rings is 2. The molecule has 20 heavy (non-hydrogen) atoms. The predicted molar refractivity (Wildman–Crippen MR) is 84.3 cm³/mol. The van der Waals surface area contributed by atoms with E-state index in [1.165, 1.54) is 11.4 Å². The fourth-order valence-corrected chi connectivity index (χ4v) is 3.34. The van der Waals surface area contributed by atoms with Crippen molar-refractivity contribution in [3.63, 3.8) is 0 Å². The molecule has 2 heteroatoms. The second-order valence-corrected chi connectivity index (χ2v) is 5.50. The fraction of sp³-hybridized carbons (Fsp3) is 0.222. The van der Waals surface area contributed by atoms with Gasteiger partial charge in [0.25, 0.3) is 0 Å². The third kappa shape index (κ3) is 1.88. The normalized spacial score (nSPS) is 24.2. The molecule has 4 rings (SSSR count). The molecule has 0 N–H and O–H groups in total. The largest absolute Gasteiger partial charge is 0.367 e. The topological polar surface area (TPSA) is 6.48 Å². The minimum atomic E-state index is 0.483. The average Bonchev–Trinajstić information content (AvgIpc) is 2.79. The minimum Gasteiger partial charge on any atom is -0.367 e. The Labute approximate surface area is 119 Å². The molecule has 2 heterocycles. The fourth-order valence-electron chi connectivity index (χ4n) is 3.34. The van der Waals surface area contributed by atoms with Gasteiger partial charge in [0, 0.05) is 24.5 Å². The van der Waals surface area contributed by atoms with Crippen LogP contribution in [0.4, 0.5) is 11.4 Å². The van der Waals surface area contributed by atoms with Crippen molar-refractivity contribution in [3.8, 4) is 0 Å². The van der Waals surface area contributed by atoms with E-state index in [1.54, 1.807) is 0 Å². The predicted octanol–water partition coefficient (Wildman–Crippen LogP) is 3.32. The van der Waals surface area contributed by atoms with Crippen LogP contribution in [0.1, 0.15) is 0 Å². The lowest BCUT2D eigenvalue weighted by atomic mass is 10.1. The molecule has 2 aromatic carbocycles. The van der Waals surface area contributed by atoms with Gasteiger partial charge < -0.3 is 9.80 Å². The summed E-state index contributed by atoms with van der Waals surface area (Å²) in [5.74, 6) is 0. The average molecular weight is 262 g/mol. The van der Waals surface area contributed by atoms with Gasteiger partial charge in [-0.2, -0.15) is 0 Å². The second kappa shape index (κ2) is 4.71.